The molecule has 1 aliphatic heterocycles. The molecule has 1 aromatic carbocycles. The number of hydrogen-bond acceptors (Lipinski definition) is 3. The molecule has 1 fully saturated rings. The number of carbonyl (C=O) groups is 2. The average molecular weight is 382 g/mol. The first-order valence-electron chi connectivity index (χ1n) is 8.03. The minimum Gasteiger partial charge on any atom is -0.357 e. The van der Waals surface area contributed by atoms with Gasteiger partial charge in [-0.25, -0.2) is 0 Å². The molecule has 1 aromatic rings. The summed E-state index contributed by atoms with van der Waals surface area (Å²) in [5, 5.41) is 8.87. The zero-order valence-corrected chi connectivity index (χ0v) is 15.2. The lowest BCUT2D eigenvalue weighted by atomic mass is 9.72. The van der Waals surface area contributed by atoms with Crippen LogP contribution >= 0.6 is 15.9 Å². The van der Waals surface area contributed by atoms with Crippen LogP contribution in [0.5, 0.6) is 0 Å². The van der Waals surface area contributed by atoms with Crippen molar-refractivity contribution in [1.82, 2.24) is 16.0 Å². The Balaban J connectivity index is 2.28. The van der Waals surface area contributed by atoms with E-state index in [1.807, 2.05) is 31.2 Å². The predicted molar refractivity (Wildman–Crippen MR) is 94.2 cm³/mol. The standard InChI is InChI=1S/C17H24BrN3O2/c1-3-14(15(22)19-2)21-16(23)17(8-10-20-11-9-17)12-4-6-13(18)7-5-12/h4-7,14,20H,3,8-11H2,1-2H3,(H,19,22)(H,21,23). The van der Waals surface area contributed by atoms with Gasteiger partial charge in [-0.1, -0.05) is 35.0 Å². The van der Waals surface area contributed by atoms with Crippen molar-refractivity contribution in [1.29, 1.82) is 0 Å². The molecule has 1 saturated heterocycles. The number of rotatable bonds is 5. The third-order valence-electron chi connectivity index (χ3n) is 4.57. The van der Waals surface area contributed by atoms with Gasteiger partial charge in [0.05, 0.1) is 5.41 Å². The monoisotopic (exact) mass is 381 g/mol. The summed E-state index contributed by atoms with van der Waals surface area (Å²) in [6.07, 6.45) is 2.02. The topological polar surface area (TPSA) is 70.2 Å². The minimum absolute atomic E-state index is 0.0585. The number of likely N-dealkylation sites (N-methyl/N-ethyl adjacent to an activating group) is 1. The van der Waals surface area contributed by atoms with Crippen LogP contribution in [0.25, 0.3) is 0 Å². The maximum atomic E-state index is 13.1. The maximum Gasteiger partial charge on any atom is 0.242 e. The summed E-state index contributed by atoms with van der Waals surface area (Å²) in [6.45, 7) is 3.48. The molecule has 0 saturated carbocycles. The van der Waals surface area contributed by atoms with E-state index >= 15 is 0 Å². The molecule has 0 aliphatic carbocycles. The van der Waals surface area contributed by atoms with Gasteiger partial charge in [-0.2, -0.15) is 0 Å². The largest absolute Gasteiger partial charge is 0.357 e. The first-order valence-corrected chi connectivity index (χ1v) is 8.82. The van der Waals surface area contributed by atoms with Crippen LogP contribution in [0.2, 0.25) is 0 Å². The Hall–Kier alpha value is -1.40. The van der Waals surface area contributed by atoms with Gasteiger partial charge >= 0.3 is 0 Å². The van der Waals surface area contributed by atoms with E-state index in [4.69, 9.17) is 0 Å². The summed E-state index contributed by atoms with van der Waals surface area (Å²) in [5.74, 6) is -0.211. The summed E-state index contributed by atoms with van der Waals surface area (Å²) in [5.41, 5.74) is 0.430. The van der Waals surface area contributed by atoms with Crippen molar-refractivity contribution in [2.24, 2.45) is 0 Å². The first kappa shape index (κ1) is 17.9. The van der Waals surface area contributed by atoms with E-state index < -0.39 is 11.5 Å². The lowest BCUT2D eigenvalue weighted by Gasteiger charge is -2.37. The Morgan fingerprint density at radius 2 is 1.87 bits per heavy atom. The molecule has 2 rings (SSSR count). The van der Waals surface area contributed by atoms with Gasteiger partial charge in [0.1, 0.15) is 6.04 Å². The van der Waals surface area contributed by atoms with Gasteiger partial charge in [0.25, 0.3) is 0 Å². The Bertz CT molecular complexity index is 553. The molecule has 23 heavy (non-hydrogen) atoms. The Morgan fingerprint density at radius 1 is 1.26 bits per heavy atom. The van der Waals surface area contributed by atoms with Gasteiger partial charge in [0.2, 0.25) is 11.8 Å². The average Bonchev–Trinajstić information content (AvgIpc) is 2.59. The highest BCUT2D eigenvalue weighted by atomic mass is 79.9. The zero-order valence-electron chi connectivity index (χ0n) is 13.6. The Labute approximate surface area is 145 Å². The van der Waals surface area contributed by atoms with Crippen LogP contribution in [0.15, 0.2) is 28.7 Å². The Kier molecular flexibility index (Phi) is 6.18. The number of amides is 2. The molecule has 1 aliphatic rings. The van der Waals surface area contributed by atoms with Gasteiger partial charge in [-0.05, 0) is 50.0 Å². The lowest BCUT2D eigenvalue weighted by Crippen LogP contribution is -2.55. The Morgan fingerprint density at radius 3 is 2.39 bits per heavy atom. The lowest BCUT2D eigenvalue weighted by molar-refractivity contribution is -0.133. The number of benzene rings is 1. The van der Waals surface area contributed by atoms with Crippen LogP contribution in [0.1, 0.15) is 31.7 Å². The van der Waals surface area contributed by atoms with Crippen LogP contribution in [0.3, 0.4) is 0 Å². The molecular formula is C17H24BrN3O2. The molecule has 1 heterocycles. The third-order valence-corrected chi connectivity index (χ3v) is 5.09. The molecule has 0 aromatic heterocycles. The SMILES string of the molecule is CCC(NC(=O)C1(c2ccc(Br)cc2)CCNCC1)C(=O)NC. The number of piperidine rings is 1. The van der Waals surface area contributed by atoms with Crippen LogP contribution in [-0.4, -0.2) is 38.0 Å². The smallest absolute Gasteiger partial charge is 0.242 e. The van der Waals surface area contributed by atoms with Gasteiger partial charge in [0, 0.05) is 11.5 Å². The molecule has 0 bridgehead atoms. The number of hydrogen-bond donors (Lipinski definition) is 3. The highest BCUT2D eigenvalue weighted by molar-refractivity contribution is 9.10. The number of nitrogens with one attached hydrogen (secondary N) is 3. The van der Waals surface area contributed by atoms with E-state index in [1.165, 1.54) is 0 Å². The van der Waals surface area contributed by atoms with Crippen LogP contribution in [0, 0.1) is 0 Å². The van der Waals surface area contributed by atoms with Crippen molar-refractivity contribution in [2.75, 3.05) is 20.1 Å². The quantitative estimate of drug-likeness (QED) is 0.726. The molecule has 0 spiro atoms. The van der Waals surface area contributed by atoms with E-state index in [0.717, 1.165) is 36.0 Å². The molecule has 3 N–H and O–H groups in total. The highest BCUT2D eigenvalue weighted by Gasteiger charge is 2.42. The predicted octanol–water partition coefficient (Wildman–Crippen LogP) is 1.71. The molecule has 126 valence electrons. The fraction of sp³-hybridized carbons (Fsp3) is 0.529. The second-order valence-electron chi connectivity index (χ2n) is 5.89. The molecule has 1 unspecified atom stereocenters. The fourth-order valence-corrected chi connectivity index (χ4v) is 3.36. The third kappa shape index (κ3) is 3.93. The number of halogens is 1. The second-order valence-corrected chi connectivity index (χ2v) is 6.80. The summed E-state index contributed by atoms with van der Waals surface area (Å²) in [7, 11) is 1.59. The summed E-state index contributed by atoms with van der Waals surface area (Å²) in [6, 6.07) is 7.42. The fourth-order valence-electron chi connectivity index (χ4n) is 3.09. The molecular weight excluding hydrogens is 358 g/mol. The van der Waals surface area contributed by atoms with Crippen LogP contribution in [-0.2, 0) is 15.0 Å². The zero-order chi connectivity index (χ0) is 16.9. The first-order chi connectivity index (χ1) is 11.0. The highest BCUT2D eigenvalue weighted by Crippen LogP contribution is 2.34. The van der Waals surface area contributed by atoms with Gasteiger partial charge in [-0.3, -0.25) is 9.59 Å². The molecule has 0 radical (unpaired) electrons. The second kappa shape index (κ2) is 7.93. The minimum atomic E-state index is -0.576. The van der Waals surface area contributed by atoms with Crippen molar-refractivity contribution in [3.8, 4) is 0 Å². The van der Waals surface area contributed by atoms with Crippen molar-refractivity contribution in [3.63, 3.8) is 0 Å². The van der Waals surface area contributed by atoms with Crippen LogP contribution < -0.4 is 16.0 Å². The molecule has 6 heteroatoms. The summed E-state index contributed by atoms with van der Waals surface area (Å²) in [4.78, 5) is 25.0. The van der Waals surface area contributed by atoms with Gasteiger partial charge in [0.15, 0.2) is 0 Å². The molecule has 5 nitrogen and oxygen atoms in total. The van der Waals surface area contributed by atoms with Gasteiger partial charge in [-0.15, -0.1) is 0 Å². The van der Waals surface area contributed by atoms with E-state index in [-0.39, 0.29) is 11.8 Å². The van der Waals surface area contributed by atoms with E-state index in [0.29, 0.717) is 6.42 Å². The van der Waals surface area contributed by atoms with E-state index in [9.17, 15) is 9.59 Å². The van der Waals surface area contributed by atoms with Crippen molar-refractivity contribution < 1.29 is 9.59 Å². The van der Waals surface area contributed by atoms with Crippen molar-refractivity contribution in [2.45, 2.75) is 37.6 Å². The summed E-state index contributed by atoms with van der Waals surface area (Å²) >= 11 is 3.44. The molecule has 2 amide bonds. The van der Waals surface area contributed by atoms with Crippen molar-refractivity contribution >= 4 is 27.7 Å². The van der Waals surface area contributed by atoms with Crippen LogP contribution in [0.4, 0.5) is 0 Å². The van der Waals surface area contributed by atoms with Crippen molar-refractivity contribution in [3.05, 3.63) is 34.3 Å². The van der Waals surface area contributed by atoms with E-state index in [2.05, 4.69) is 31.9 Å². The van der Waals surface area contributed by atoms with E-state index in [1.54, 1.807) is 7.05 Å². The normalized spacial score (nSPS) is 18.0. The number of carbonyl (C=O) groups excluding carboxylic acids is 2. The van der Waals surface area contributed by atoms with Gasteiger partial charge < -0.3 is 16.0 Å². The molecule has 1 atom stereocenters. The maximum absolute atomic E-state index is 13.1. The summed E-state index contributed by atoms with van der Waals surface area (Å²) < 4.78 is 0.988.